The molecule has 7 heteroatoms. The third-order valence-corrected chi connectivity index (χ3v) is 8.30. The largest absolute Gasteiger partial charge is 0.313 e. The third kappa shape index (κ3) is 3.27. The molecule has 2 heterocycles. The molecule has 1 saturated heterocycles. The summed E-state index contributed by atoms with van der Waals surface area (Å²) in [6, 6.07) is 2.01. The van der Waals surface area contributed by atoms with E-state index in [1.807, 2.05) is 12.3 Å². The second-order valence-corrected chi connectivity index (χ2v) is 8.94. The Bertz CT molecular complexity index is 544. The zero-order valence-electron chi connectivity index (χ0n) is 11.8. The molecule has 0 radical (unpaired) electrons. The number of thiophene rings is 1. The molecule has 0 spiro atoms. The summed E-state index contributed by atoms with van der Waals surface area (Å²) in [4.78, 5) is 0. The molecule has 1 N–H and O–H groups in total. The summed E-state index contributed by atoms with van der Waals surface area (Å²) in [7, 11) is -3.40. The first-order valence-corrected chi connectivity index (χ1v) is 10.1. The molecule has 1 aliphatic rings. The van der Waals surface area contributed by atoms with Crippen LogP contribution in [0.4, 0.5) is 0 Å². The molecule has 0 aliphatic carbocycles. The fourth-order valence-corrected chi connectivity index (χ4v) is 6.95. The zero-order valence-corrected chi connectivity index (χ0v) is 15.0. The van der Waals surface area contributed by atoms with Crippen LogP contribution < -0.4 is 5.32 Å². The van der Waals surface area contributed by atoms with Crippen molar-refractivity contribution in [2.45, 2.75) is 49.4 Å². The van der Waals surface area contributed by atoms with E-state index in [9.17, 15) is 8.42 Å². The van der Waals surface area contributed by atoms with E-state index in [1.54, 1.807) is 10.4 Å². The molecule has 4 nitrogen and oxygen atoms in total. The molecule has 1 aromatic rings. The summed E-state index contributed by atoms with van der Waals surface area (Å²) >= 11 is 4.63. The summed E-state index contributed by atoms with van der Waals surface area (Å²) in [6.07, 6.45) is 2.96. The molecule has 0 aromatic carbocycles. The Morgan fingerprint density at radius 3 is 2.90 bits per heavy atom. The lowest BCUT2D eigenvalue weighted by atomic mass is 9.99. The lowest BCUT2D eigenvalue weighted by Gasteiger charge is -2.38. The van der Waals surface area contributed by atoms with Gasteiger partial charge in [-0.05, 0) is 53.7 Å². The molecule has 0 amide bonds. The monoisotopic (exact) mass is 380 g/mol. The van der Waals surface area contributed by atoms with Crippen molar-refractivity contribution in [2.75, 3.05) is 13.1 Å². The van der Waals surface area contributed by atoms with Gasteiger partial charge in [0.05, 0.1) is 0 Å². The maximum absolute atomic E-state index is 12.9. The first-order valence-electron chi connectivity index (χ1n) is 6.96. The summed E-state index contributed by atoms with van der Waals surface area (Å²) in [5, 5.41) is 5.17. The Labute approximate surface area is 133 Å². The summed E-state index contributed by atoms with van der Waals surface area (Å²) < 4.78 is 28.5. The van der Waals surface area contributed by atoms with Gasteiger partial charge in [-0.15, -0.1) is 11.3 Å². The van der Waals surface area contributed by atoms with Crippen LogP contribution in [0.25, 0.3) is 0 Å². The molecule has 0 bridgehead atoms. The minimum atomic E-state index is -3.40. The highest BCUT2D eigenvalue weighted by Gasteiger charge is 2.37. The number of halogens is 1. The van der Waals surface area contributed by atoms with Crippen molar-refractivity contribution < 1.29 is 8.42 Å². The van der Waals surface area contributed by atoms with Gasteiger partial charge in [-0.2, -0.15) is 4.31 Å². The molecule has 1 fully saturated rings. The van der Waals surface area contributed by atoms with Crippen LogP contribution in [0.5, 0.6) is 0 Å². The Balaban J connectivity index is 2.30. The molecular weight excluding hydrogens is 360 g/mol. The number of nitrogens with one attached hydrogen (secondary N) is 1. The number of nitrogens with zero attached hydrogens (tertiary/aromatic N) is 1. The average Bonchev–Trinajstić information content (AvgIpc) is 2.86. The highest BCUT2D eigenvalue weighted by Crippen LogP contribution is 2.34. The van der Waals surface area contributed by atoms with Crippen molar-refractivity contribution in [1.29, 1.82) is 0 Å². The van der Waals surface area contributed by atoms with Gasteiger partial charge in [0.1, 0.15) is 4.21 Å². The molecule has 114 valence electrons. The summed E-state index contributed by atoms with van der Waals surface area (Å²) in [5.41, 5.74) is 0. The van der Waals surface area contributed by atoms with Gasteiger partial charge in [-0.25, -0.2) is 8.42 Å². The van der Waals surface area contributed by atoms with Gasteiger partial charge < -0.3 is 5.32 Å². The first kappa shape index (κ1) is 16.4. The standard InChI is InChI=1S/C13H21BrN2O2S2/c1-3-15-10(2)12-6-4-5-8-16(12)20(17,18)13-11(14)7-9-19-13/h7,9-10,12,15H,3-6,8H2,1-2H3. The quantitative estimate of drug-likeness (QED) is 0.853. The van der Waals surface area contributed by atoms with Crippen LogP contribution in [0.2, 0.25) is 0 Å². The molecule has 2 unspecified atom stereocenters. The minimum absolute atomic E-state index is 0.0442. The van der Waals surface area contributed by atoms with Crippen LogP contribution in [0.15, 0.2) is 20.1 Å². The number of rotatable bonds is 5. The van der Waals surface area contributed by atoms with E-state index in [0.717, 1.165) is 25.8 Å². The fourth-order valence-electron chi connectivity index (χ4n) is 2.76. The Kier molecular flexibility index (Phi) is 5.64. The van der Waals surface area contributed by atoms with Crippen molar-refractivity contribution in [3.05, 3.63) is 15.9 Å². The Morgan fingerprint density at radius 2 is 2.30 bits per heavy atom. The van der Waals surface area contributed by atoms with E-state index in [2.05, 4.69) is 28.2 Å². The maximum atomic E-state index is 12.9. The molecule has 0 saturated carbocycles. The maximum Gasteiger partial charge on any atom is 0.254 e. The van der Waals surface area contributed by atoms with E-state index in [4.69, 9.17) is 0 Å². The van der Waals surface area contributed by atoms with Crippen molar-refractivity contribution in [1.82, 2.24) is 9.62 Å². The van der Waals surface area contributed by atoms with Gasteiger partial charge in [0.2, 0.25) is 0 Å². The van der Waals surface area contributed by atoms with Crippen molar-refractivity contribution in [2.24, 2.45) is 0 Å². The van der Waals surface area contributed by atoms with E-state index in [1.165, 1.54) is 11.3 Å². The second kappa shape index (κ2) is 6.87. The molecule has 2 atom stereocenters. The normalized spacial score (nSPS) is 22.9. The van der Waals surface area contributed by atoms with Crippen molar-refractivity contribution >= 4 is 37.3 Å². The van der Waals surface area contributed by atoms with E-state index >= 15 is 0 Å². The molecule has 1 aliphatic heterocycles. The van der Waals surface area contributed by atoms with Crippen LogP contribution in [0.3, 0.4) is 0 Å². The van der Waals surface area contributed by atoms with Crippen LogP contribution in [-0.4, -0.2) is 37.9 Å². The summed E-state index contributed by atoms with van der Waals surface area (Å²) in [6.45, 7) is 5.60. The molecule has 20 heavy (non-hydrogen) atoms. The van der Waals surface area contributed by atoms with Crippen molar-refractivity contribution in [3.63, 3.8) is 0 Å². The number of piperidine rings is 1. The van der Waals surface area contributed by atoms with E-state index < -0.39 is 10.0 Å². The van der Waals surface area contributed by atoms with Crippen LogP contribution in [0, 0.1) is 0 Å². The predicted molar refractivity (Wildman–Crippen MR) is 86.7 cm³/mol. The molecular formula is C13H21BrN2O2S2. The van der Waals surface area contributed by atoms with Crippen LogP contribution >= 0.6 is 27.3 Å². The Morgan fingerprint density at radius 1 is 1.55 bits per heavy atom. The predicted octanol–water partition coefficient (Wildman–Crippen LogP) is 3.05. The first-order chi connectivity index (χ1) is 9.48. The second-order valence-electron chi connectivity index (χ2n) is 5.08. The molecule has 2 rings (SSSR count). The smallest absolute Gasteiger partial charge is 0.254 e. The number of hydrogen-bond donors (Lipinski definition) is 1. The lowest BCUT2D eigenvalue weighted by Crippen LogP contribution is -2.53. The van der Waals surface area contributed by atoms with Crippen LogP contribution in [0.1, 0.15) is 33.1 Å². The average molecular weight is 381 g/mol. The van der Waals surface area contributed by atoms with Crippen molar-refractivity contribution in [3.8, 4) is 0 Å². The zero-order chi connectivity index (χ0) is 14.8. The van der Waals surface area contributed by atoms with Gasteiger partial charge >= 0.3 is 0 Å². The van der Waals surface area contributed by atoms with Gasteiger partial charge in [0.15, 0.2) is 0 Å². The van der Waals surface area contributed by atoms with Gasteiger partial charge in [-0.1, -0.05) is 13.3 Å². The minimum Gasteiger partial charge on any atom is -0.313 e. The van der Waals surface area contributed by atoms with E-state index in [-0.39, 0.29) is 12.1 Å². The Hall–Kier alpha value is 0.0500. The highest BCUT2D eigenvalue weighted by molar-refractivity contribution is 9.10. The van der Waals surface area contributed by atoms with Gasteiger partial charge in [0.25, 0.3) is 10.0 Å². The fraction of sp³-hybridized carbons (Fsp3) is 0.692. The highest BCUT2D eigenvalue weighted by atomic mass is 79.9. The van der Waals surface area contributed by atoms with E-state index in [0.29, 0.717) is 15.2 Å². The number of sulfonamides is 1. The topological polar surface area (TPSA) is 49.4 Å². The molecule has 1 aromatic heterocycles. The lowest BCUT2D eigenvalue weighted by molar-refractivity contribution is 0.210. The number of likely N-dealkylation sites (N-methyl/N-ethyl adjacent to an activating group) is 1. The SMILES string of the molecule is CCNC(C)C1CCCCN1S(=O)(=O)c1sccc1Br. The van der Waals surface area contributed by atoms with Gasteiger partial charge in [-0.3, -0.25) is 0 Å². The van der Waals surface area contributed by atoms with Crippen LogP contribution in [-0.2, 0) is 10.0 Å². The third-order valence-electron chi connectivity index (χ3n) is 3.73. The summed E-state index contributed by atoms with van der Waals surface area (Å²) in [5.74, 6) is 0. The number of hydrogen-bond acceptors (Lipinski definition) is 4. The van der Waals surface area contributed by atoms with Gasteiger partial charge in [0, 0.05) is 23.1 Å².